The number of hydrogen-bond donors (Lipinski definition) is 1. The molecule has 1 N–H and O–H groups in total. The molecule has 1 aliphatic rings. The molecule has 9 heteroatoms. The summed E-state index contributed by atoms with van der Waals surface area (Å²) in [5, 5.41) is 3.29. The minimum Gasteiger partial charge on any atom is -0.367 e. The Bertz CT molecular complexity index is 897. The number of nitrogens with one attached hydrogen (secondary N) is 1. The number of pyridine rings is 1. The van der Waals surface area contributed by atoms with Gasteiger partial charge in [-0.2, -0.15) is 0 Å². The van der Waals surface area contributed by atoms with Crippen molar-refractivity contribution in [2.24, 2.45) is 4.99 Å². The number of benzene rings is 1. The maximum Gasteiger partial charge on any atom is 0.244 e. The molecule has 1 aliphatic heterocycles. The number of likely N-dealkylation sites (N-methyl/N-ethyl adjacent to an activating group) is 1. The lowest BCUT2D eigenvalue weighted by Crippen LogP contribution is -2.51. The Hall–Kier alpha value is -2.27. The second-order valence-corrected chi connectivity index (χ2v) is 7.95. The molecular weight excluding hydrogens is 536 g/mol. The van der Waals surface area contributed by atoms with Gasteiger partial charge in [0.25, 0.3) is 0 Å². The molecule has 1 fully saturated rings. The van der Waals surface area contributed by atoms with Crippen LogP contribution in [0.25, 0.3) is 0 Å². The van der Waals surface area contributed by atoms with E-state index in [1.807, 2.05) is 32.0 Å². The number of hydrogen-bond acceptors (Lipinski definition) is 4. The van der Waals surface area contributed by atoms with Crippen molar-refractivity contribution >= 4 is 35.8 Å². The second kappa shape index (κ2) is 13.4. The number of rotatable bonds is 7. The van der Waals surface area contributed by atoms with Crippen molar-refractivity contribution in [2.45, 2.75) is 32.5 Å². The molecule has 0 spiro atoms. The molecule has 0 bridgehead atoms. The zero-order valence-corrected chi connectivity index (χ0v) is 21.7. The van der Waals surface area contributed by atoms with Crippen LogP contribution in [0.5, 0.6) is 0 Å². The van der Waals surface area contributed by atoms with Crippen LogP contribution < -0.4 is 5.32 Å². The molecule has 33 heavy (non-hydrogen) atoms. The summed E-state index contributed by atoms with van der Waals surface area (Å²) in [7, 11) is 1.79. The first kappa shape index (κ1) is 27.0. The van der Waals surface area contributed by atoms with Gasteiger partial charge in [-0.3, -0.25) is 9.78 Å². The Labute approximate surface area is 212 Å². The molecule has 0 saturated carbocycles. The van der Waals surface area contributed by atoms with E-state index in [-0.39, 0.29) is 54.5 Å². The molecule has 1 aromatic heterocycles. The smallest absolute Gasteiger partial charge is 0.244 e. The highest BCUT2D eigenvalue weighted by Crippen LogP contribution is 2.25. The maximum atomic E-state index is 13.3. The van der Waals surface area contributed by atoms with E-state index >= 15 is 0 Å². The van der Waals surface area contributed by atoms with Crippen LogP contribution in [0.2, 0.25) is 0 Å². The Kier molecular flexibility index (Phi) is 11.0. The highest BCUT2D eigenvalue weighted by molar-refractivity contribution is 14.0. The Balaban J connectivity index is 0.00000385. The molecule has 2 aromatic rings. The summed E-state index contributed by atoms with van der Waals surface area (Å²) >= 11 is 0. The number of aromatic nitrogens is 1. The average Bonchev–Trinajstić information content (AvgIpc) is 2.80. The van der Waals surface area contributed by atoms with Gasteiger partial charge >= 0.3 is 0 Å². The molecular formula is C24H33FIN5O2. The first-order valence-corrected chi connectivity index (χ1v) is 11.0. The van der Waals surface area contributed by atoms with E-state index in [1.165, 1.54) is 12.1 Å². The number of ether oxygens (including phenoxy) is 1. The van der Waals surface area contributed by atoms with E-state index in [0.717, 1.165) is 11.3 Å². The fraction of sp³-hybridized carbons (Fsp3) is 0.458. The lowest BCUT2D eigenvalue weighted by molar-refractivity contribution is -0.128. The molecule has 0 radical (unpaired) electrons. The van der Waals surface area contributed by atoms with Crippen LogP contribution in [-0.2, 0) is 16.0 Å². The Morgan fingerprint density at radius 2 is 2.03 bits per heavy atom. The van der Waals surface area contributed by atoms with Crippen LogP contribution in [-0.4, -0.2) is 72.5 Å². The number of amides is 1. The second-order valence-electron chi connectivity index (χ2n) is 7.95. The molecule has 1 amide bonds. The number of nitrogens with zero attached hydrogens (tertiary/aromatic N) is 4. The number of carbonyl (C=O) groups excluding carboxylic acids is 1. The van der Waals surface area contributed by atoms with Crippen molar-refractivity contribution in [1.29, 1.82) is 0 Å². The van der Waals surface area contributed by atoms with Crippen LogP contribution in [0.15, 0.2) is 53.7 Å². The standard InChI is InChI=1S/C24H32FN5O2.HI/c1-4-26-24(28-15-23(31)29(3)14-12-21-7-5-6-13-27-21)30-16-18(2)32-22(17-30)19-8-10-20(25)11-9-19;/h5-11,13,18,22H,4,12,14-17H2,1-3H3,(H,26,28);1H. The van der Waals surface area contributed by atoms with Gasteiger partial charge in [0.05, 0.1) is 12.6 Å². The molecule has 7 nitrogen and oxygen atoms in total. The first-order chi connectivity index (χ1) is 15.5. The van der Waals surface area contributed by atoms with Crippen molar-refractivity contribution < 1.29 is 13.9 Å². The fourth-order valence-electron chi connectivity index (χ4n) is 3.63. The van der Waals surface area contributed by atoms with E-state index in [2.05, 4.69) is 20.2 Å². The largest absolute Gasteiger partial charge is 0.367 e. The van der Waals surface area contributed by atoms with Crippen molar-refractivity contribution in [1.82, 2.24) is 20.1 Å². The number of aliphatic imine (C=N–C) groups is 1. The van der Waals surface area contributed by atoms with Crippen LogP contribution in [0.4, 0.5) is 4.39 Å². The van der Waals surface area contributed by atoms with Crippen LogP contribution in [0.1, 0.15) is 31.2 Å². The summed E-state index contributed by atoms with van der Waals surface area (Å²) in [6.45, 7) is 6.58. The number of morpholine rings is 1. The zero-order valence-electron chi connectivity index (χ0n) is 19.4. The maximum absolute atomic E-state index is 13.3. The third kappa shape index (κ3) is 8.22. The van der Waals surface area contributed by atoms with Crippen molar-refractivity contribution in [3.05, 3.63) is 65.7 Å². The van der Waals surface area contributed by atoms with Crippen molar-refractivity contribution in [2.75, 3.05) is 39.8 Å². The van der Waals surface area contributed by atoms with Gasteiger partial charge in [0, 0.05) is 45.0 Å². The van der Waals surface area contributed by atoms with Gasteiger partial charge in [-0.15, -0.1) is 24.0 Å². The number of carbonyl (C=O) groups is 1. The average molecular weight is 569 g/mol. The summed E-state index contributed by atoms with van der Waals surface area (Å²) in [5.41, 5.74) is 1.88. The number of guanidine groups is 1. The number of halogens is 2. The van der Waals surface area contributed by atoms with Gasteiger partial charge < -0.3 is 19.9 Å². The van der Waals surface area contributed by atoms with Crippen LogP contribution in [0.3, 0.4) is 0 Å². The normalized spacial score (nSPS) is 18.4. The predicted molar refractivity (Wildman–Crippen MR) is 138 cm³/mol. The molecule has 180 valence electrons. The summed E-state index contributed by atoms with van der Waals surface area (Å²) in [6, 6.07) is 12.2. The van der Waals surface area contributed by atoms with E-state index < -0.39 is 0 Å². The molecule has 2 atom stereocenters. The third-order valence-corrected chi connectivity index (χ3v) is 5.36. The van der Waals surface area contributed by atoms with Crippen molar-refractivity contribution in [3.63, 3.8) is 0 Å². The third-order valence-electron chi connectivity index (χ3n) is 5.36. The molecule has 1 saturated heterocycles. The monoisotopic (exact) mass is 569 g/mol. The predicted octanol–water partition coefficient (Wildman–Crippen LogP) is 3.27. The molecule has 2 heterocycles. The zero-order chi connectivity index (χ0) is 22.9. The van der Waals surface area contributed by atoms with Gasteiger partial charge in [0.2, 0.25) is 5.91 Å². The first-order valence-electron chi connectivity index (χ1n) is 11.0. The molecule has 0 aliphatic carbocycles. The summed E-state index contributed by atoms with van der Waals surface area (Å²) in [4.78, 5) is 25.3. The molecule has 1 aromatic carbocycles. The van der Waals surface area contributed by atoms with E-state index in [1.54, 1.807) is 30.3 Å². The van der Waals surface area contributed by atoms with Gasteiger partial charge in [-0.25, -0.2) is 9.38 Å². The summed E-state index contributed by atoms with van der Waals surface area (Å²) in [5.74, 6) is 0.365. The van der Waals surface area contributed by atoms with E-state index in [0.29, 0.717) is 38.6 Å². The highest BCUT2D eigenvalue weighted by atomic mass is 127. The fourth-order valence-corrected chi connectivity index (χ4v) is 3.63. The van der Waals surface area contributed by atoms with Crippen molar-refractivity contribution in [3.8, 4) is 0 Å². The van der Waals surface area contributed by atoms with Gasteiger partial charge in [-0.1, -0.05) is 18.2 Å². The lowest BCUT2D eigenvalue weighted by Gasteiger charge is -2.38. The molecule has 2 unspecified atom stereocenters. The van der Waals surface area contributed by atoms with Gasteiger partial charge in [0.1, 0.15) is 18.5 Å². The minimum absolute atomic E-state index is 0. The molecule has 3 rings (SSSR count). The van der Waals surface area contributed by atoms with E-state index in [9.17, 15) is 9.18 Å². The van der Waals surface area contributed by atoms with Crippen LogP contribution in [0, 0.1) is 5.82 Å². The lowest BCUT2D eigenvalue weighted by atomic mass is 10.1. The van der Waals surface area contributed by atoms with E-state index in [4.69, 9.17) is 4.74 Å². The quantitative estimate of drug-likeness (QED) is 0.315. The Morgan fingerprint density at radius 3 is 2.70 bits per heavy atom. The summed E-state index contributed by atoms with van der Waals surface area (Å²) < 4.78 is 19.4. The Morgan fingerprint density at radius 1 is 1.27 bits per heavy atom. The van der Waals surface area contributed by atoms with Gasteiger partial charge in [0.15, 0.2) is 5.96 Å². The SMILES string of the molecule is CCNC(=NCC(=O)N(C)CCc1ccccn1)N1CC(C)OC(c2ccc(F)cc2)C1.I. The minimum atomic E-state index is -0.268. The topological polar surface area (TPSA) is 70.1 Å². The highest BCUT2D eigenvalue weighted by Gasteiger charge is 2.28. The van der Waals surface area contributed by atoms with Gasteiger partial charge in [-0.05, 0) is 43.7 Å². The van der Waals surface area contributed by atoms with Crippen LogP contribution >= 0.6 is 24.0 Å². The summed E-state index contributed by atoms with van der Waals surface area (Å²) in [6.07, 6.45) is 2.24.